The molecular weight excluding hydrogens is 502 g/mol. The fraction of sp³-hybridized carbons (Fsp3) is 0.433. The number of nitrogens with zero attached hydrogens (tertiary/aromatic N) is 8. The maximum atomic E-state index is 13.0. The van der Waals surface area contributed by atoms with Crippen LogP contribution in [0.25, 0.3) is 16.9 Å². The molecule has 1 aliphatic rings. The lowest BCUT2D eigenvalue weighted by Crippen LogP contribution is -2.48. The van der Waals surface area contributed by atoms with E-state index in [1.165, 1.54) is 0 Å². The van der Waals surface area contributed by atoms with Crippen molar-refractivity contribution in [2.45, 2.75) is 60.0 Å². The minimum Gasteiger partial charge on any atom is -0.368 e. The zero-order valence-corrected chi connectivity index (χ0v) is 24.5. The summed E-state index contributed by atoms with van der Waals surface area (Å²) in [5, 5.41) is 16.4. The normalized spacial score (nSPS) is 14.7. The second-order valence-electron chi connectivity index (χ2n) is 11.8. The van der Waals surface area contributed by atoms with Crippen LogP contribution in [-0.4, -0.2) is 72.8 Å². The second kappa shape index (κ2) is 10.8. The molecule has 0 atom stereocenters. The van der Waals surface area contributed by atoms with Gasteiger partial charge in [0.1, 0.15) is 5.69 Å². The Morgan fingerprint density at radius 1 is 1.00 bits per heavy atom. The number of anilines is 2. The van der Waals surface area contributed by atoms with Gasteiger partial charge in [-0.3, -0.25) is 19.4 Å². The summed E-state index contributed by atoms with van der Waals surface area (Å²) in [7, 11) is 0. The van der Waals surface area contributed by atoms with Crippen molar-refractivity contribution in [3.05, 3.63) is 65.9 Å². The molecule has 4 heterocycles. The number of benzene rings is 1. The van der Waals surface area contributed by atoms with Gasteiger partial charge in [0.25, 0.3) is 5.91 Å². The summed E-state index contributed by atoms with van der Waals surface area (Å²) in [6, 6.07) is 10.3. The summed E-state index contributed by atoms with van der Waals surface area (Å²) in [4.78, 5) is 22.4. The molecule has 0 radical (unpaired) electrons. The topological polar surface area (TPSA) is 97.0 Å². The number of carbonyl (C=O) groups is 1. The van der Waals surface area contributed by atoms with Crippen LogP contribution in [-0.2, 0) is 5.54 Å². The van der Waals surface area contributed by atoms with Crippen molar-refractivity contribution in [2.24, 2.45) is 0 Å². The summed E-state index contributed by atoms with van der Waals surface area (Å²) in [6.45, 7) is 18.7. The third-order valence-electron chi connectivity index (χ3n) is 7.39. The minimum absolute atomic E-state index is 0.206. The molecule has 0 spiro atoms. The predicted molar refractivity (Wildman–Crippen MR) is 158 cm³/mol. The van der Waals surface area contributed by atoms with Crippen LogP contribution in [0.4, 0.5) is 11.4 Å². The fourth-order valence-corrected chi connectivity index (χ4v) is 5.14. The van der Waals surface area contributed by atoms with E-state index in [1.807, 2.05) is 61.4 Å². The average Bonchev–Trinajstić information content (AvgIpc) is 3.57. The van der Waals surface area contributed by atoms with Gasteiger partial charge in [0.15, 0.2) is 5.69 Å². The third kappa shape index (κ3) is 5.77. The molecule has 0 saturated carbocycles. The maximum absolute atomic E-state index is 13.0. The fourth-order valence-electron chi connectivity index (χ4n) is 5.14. The van der Waals surface area contributed by atoms with Gasteiger partial charge in [-0.25, -0.2) is 4.68 Å². The van der Waals surface area contributed by atoms with Crippen molar-refractivity contribution < 1.29 is 4.79 Å². The van der Waals surface area contributed by atoms with Crippen LogP contribution >= 0.6 is 0 Å². The number of aryl methyl sites for hydroxylation is 2. The van der Waals surface area contributed by atoms with Crippen LogP contribution in [0.2, 0.25) is 0 Å². The van der Waals surface area contributed by atoms with E-state index >= 15 is 0 Å². The molecule has 10 heteroatoms. The molecular formula is C30H39N9O. The molecule has 1 aliphatic heterocycles. The molecule has 10 nitrogen and oxygen atoms in total. The van der Waals surface area contributed by atoms with Gasteiger partial charge in [-0.15, -0.1) is 5.10 Å². The van der Waals surface area contributed by atoms with Crippen molar-refractivity contribution in [2.75, 3.05) is 36.4 Å². The predicted octanol–water partition coefficient (Wildman–Crippen LogP) is 4.68. The van der Waals surface area contributed by atoms with Gasteiger partial charge < -0.3 is 10.2 Å². The Balaban J connectivity index is 1.33. The SMILES string of the molecule is Cc1ccc(NC(=O)c2cc(C)n(C(C)(C)C)n2)cc1-n1cc(-c2cncc(N3CCN(C(C)C)CC3)c2)nn1. The zero-order valence-electron chi connectivity index (χ0n) is 24.5. The maximum Gasteiger partial charge on any atom is 0.276 e. The zero-order chi connectivity index (χ0) is 28.6. The lowest BCUT2D eigenvalue weighted by Gasteiger charge is -2.38. The van der Waals surface area contributed by atoms with Crippen LogP contribution in [0, 0.1) is 13.8 Å². The number of hydrogen-bond donors (Lipinski definition) is 1. The van der Waals surface area contributed by atoms with Gasteiger partial charge in [0.05, 0.1) is 29.3 Å². The lowest BCUT2D eigenvalue weighted by molar-refractivity contribution is 0.102. The van der Waals surface area contributed by atoms with E-state index in [9.17, 15) is 4.79 Å². The Labute approximate surface area is 236 Å². The first-order chi connectivity index (χ1) is 19.0. The Morgan fingerprint density at radius 3 is 2.42 bits per heavy atom. The molecule has 1 N–H and O–H groups in total. The number of pyridine rings is 1. The number of carbonyl (C=O) groups excluding carboxylic acids is 1. The third-order valence-corrected chi connectivity index (χ3v) is 7.39. The van der Waals surface area contributed by atoms with Gasteiger partial charge in [0.2, 0.25) is 0 Å². The van der Waals surface area contributed by atoms with E-state index in [-0.39, 0.29) is 11.4 Å². The van der Waals surface area contributed by atoms with Gasteiger partial charge in [-0.1, -0.05) is 11.3 Å². The van der Waals surface area contributed by atoms with Gasteiger partial charge in [-0.2, -0.15) is 5.10 Å². The van der Waals surface area contributed by atoms with Crippen LogP contribution in [0.15, 0.2) is 48.9 Å². The Bertz CT molecular complexity index is 1500. The largest absolute Gasteiger partial charge is 0.368 e. The standard InChI is InChI=1S/C30H39N9O/c1-20(2)36-10-12-37(13-11-36)25-15-23(17-31-18-25)27-19-38(35-33-27)28-16-24(9-8-21(28)3)32-29(40)26-14-22(4)39(34-26)30(5,6)7/h8-9,14-20H,10-13H2,1-7H3,(H,32,40). The summed E-state index contributed by atoms with van der Waals surface area (Å²) in [6.07, 6.45) is 5.64. The molecule has 1 amide bonds. The molecule has 0 bridgehead atoms. The number of aromatic nitrogens is 6. The number of piperazine rings is 1. The van der Waals surface area contributed by atoms with E-state index < -0.39 is 0 Å². The van der Waals surface area contributed by atoms with Gasteiger partial charge in [-0.05, 0) is 78.3 Å². The molecule has 3 aromatic heterocycles. The molecule has 1 fully saturated rings. The number of nitrogens with one attached hydrogen (secondary N) is 1. The quantitative estimate of drug-likeness (QED) is 0.379. The number of amides is 1. The van der Waals surface area contributed by atoms with Crippen LogP contribution in [0.5, 0.6) is 0 Å². The molecule has 210 valence electrons. The molecule has 40 heavy (non-hydrogen) atoms. The molecule has 1 saturated heterocycles. The van der Waals surface area contributed by atoms with Crippen molar-refractivity contribution in [1.82, 2.24) is 34.7 Å². The Morgan fingerprint density at radius 2 is 1.75 bits per heavy atom. The highest BCUT2D eigenvalue weighted by atomic mass is 16.2. The van der Waals surface area contributed by atoms with E-state index in [0.717, 1.165) is 60.1 Å². The summed E-state index contributed by atoms with van der Waals surface area (Å²) in [5.41, 5.74) is 6.38. The summed E-state index contributed by atoms with van der Waals surface area (Å²) >= 11 is 0. The first kappa shape index (κ1) is 27.5. The van der Waals surface area contributed by atoms with Crippen molar-refractivity contribution >= 4 is 17.3 Å². The Kier molecular flexibility index (Phi) is 7.46. The highest BCUT2D eigenvalue weighted by Crippen LogP contribution is 2.26. The van der Waals surface area contributed by atoms with E-state index in [0.29, 0.717) is 17.4 Å². The highest BCUT2D eigenvalue weighted by Gasteiger charge is 2.22. The molecule has 0 aliphatic carbocycles. The average molecular weight is 542 g/mol. The highest BCUT2D eigenvalue weighted by molar-refractivity contribution is 6.03. The van der Waals surface area contributed by atoms with Gasteiger partial charge >= 0.3 is 0 Å². The number of rotatable bonds is 6. The van der Waals surface area contributed by atoms with E-state index in [1.54, 1.807) is 4.68 Å². The first-order valence-corrected chi connectivity index (χ1v) is 13.9. The minimum atomic E-state index is -0.253. The van der Waals surface area contributed by atoms with Gasteiger partial charge in [0, 0.05) is 55.4 Å². The Hall–Kier alpha value is -4.05. The number of hydrogen-bond acceptors (Lipinski definition) is 7. The monoisotopic (exact) mass is 541 g/mol. The van der Waals surface area contributed by atoms with Crippen molar-refractivity contribution in [3.63, 3.8) is 0 Å². The van der Waals surface area contributed by atoms with Crippen molar-refractivity contribution in [1.29, 1.82) is 0 Å². The summed E-state index contributed by atoms with van der Waals surface area (Å²) in [5.74, 6) is -0.253. The molecule has 0 unspecified atom stereocenters. The molecule has 4 aromatic rings. The lowest BCUT2D eigenvalue weighted by atomic mass is 10.1. The smallest absolute Gasteiger partial charge is 0.276 e. The van der Waals surface area contributed by atoms with E-state index in [2.05, 4.69) is 76.2 Å². The summed E-state index contributed by atoms with van der Waals surface area (Å²) < 4.78 is 3.61. The van der Waals surface area contributed by atoms with Crippen molar-refractivity contribution in [3.8, 4) is 16.9 Å². The molecule has 5 rings (SSSR count). The van der Waals surface area contributed by atoms with Crippen LogP contribution in [0.1, 0.15) is 56.4 Å². The second-order valence-corrected chi connectivity index (χ2v) is 11.8. The molecule has 1 aromatic carbocycles. The van der Waals surface area contributed by atoms with Crippen LogP contribution < -0.4 is 10.2 Å². The van der Waals surface area contributed by atoms with E-state index in [4.69, 9.17) is 0 Å². The van der Waals surface area contributed by atoms with Crippen LogP contribution in [0.3, 0.4) is 0 Å². The first-order valence-electron chi connectivity index (χ1n) is 13.9.